The summed E-state index contributed by atoms with van der Waals surface area (Å²) in [6.45, 7) is 1.92. The van der Waals surface area contributed by atoms with Crippen LogP contribution in [0, 0.1) is 0 Å². The predicted molar refractivity (Wildman–Crippen MR) is 119 cm³/mol. The summed E-state index contributed by atoms with van der Waals surface area (Å²) in [5, 5.41) is 4.20. The summed E-state index contributed by atoms with van der Waals surface area (Å²) >= 11 is 11.9. The number of aromatic nitrogens is 3. The second-order valence-electron chi connectivity index (χ2n) is 8.14. The van der Waals surface area contributed by atoms with Crippen LogP contribution < -0.4 is 15.2 Å². The molecular formula is C21H23Cl2F3N4O4. The predicted octanol–water partition coefficient (Wildman–Crippen LogP) is 4.25. The molecule has 1 aliphatic carbocycles. The van der Waals surface area contributed by atoms with Gasteiger partial charge in [-0.05, 0) is 31.7 Å². The van der Waals surface area contributed by atoms with Crippen molar-refractivity contribution in [3.63, 3.8) is 0 Å². The molecule has 186 valence electrons. The molecule has 2 aliphatic rings. The molecule has 0 amide bonds. The first kappa shape index (κ1) is 25.0. The van der Waals surface area contributed by atoms with E-state index >= 15 is 0 Å². The van der Waals surface area contributed by atoms with Gasteiger partial charge in [-0.3, -0.25) is 4.79 Å². The summed E-state index contributed by atoms with van der Waals surface area (Å²) < 4.78 is 54.1. The Morgan fingerprint density at radius 2 is 1.91 bits per heavy atom. The zero-order valence-corrected chi connectivity index (χ0v) is 19.5. The molecule has 1 saturated carbocycles. The fraction of sp³-hybridized carbons (Fsp3) is 0.571. The number of rotatable bonds is 6. The highest BCUT2D eigenvalue weighted by Crippen LogP contribution is 2.34. The van der Waals surface area contributed by atoms with Gasteiger partial charge in [-0.25, -0.2) is 9.67 Å². The molecular weight excluding hydrogens is 500 g/mol. The van der Waals surface area contributed by atoms with Crippen LogP contribution in [-0.4, -0.2) is 59.6 Å². The smallest absolute Gasteiger partial charge is 0.388 e. The van der Waals surface area contributed by atoms with E-state index < -0.39 is 17.8 Å². The minimum Gasteiger partial charge on any atom is -0.388 e. The number of ether oxygens (including phenoxy) is 3. The average molecular weight is 523 g/mol. The standard InChI is InChI=1S/C21H23Cl2F3N4O4/c22-17-10-28-30(20(31)19(17)23)14-3-1-13(2-4-14)29(11-16-12-32-7-8-33-16)15-5-6-18(27-9-15)34-21(24,25)26/h5-6,9-10,13-14,16H,1-4,7-8,11-12H2/t13?,14?,16-/m0/s1. The third kappa shape index (κ3) is 6.12. The number of halogens is 5. The number of hydrogen-bond acceptors (Lipinski definition) is 7. The molecule has 2 aromatic rings. The maximum absolute atomic E-state index is 12.5. The minimum atomic E-state index is -4.81. The Bertz CT molecular complexity index is 1020. The van der Waals surface area contributed by atoms with Gasteiger partial charge in [0, 0.05) is 18.7 Å². The SMILES string of the molecule is O=c1c(Cl)c(Cl)cnn1C1CCC(N(C[C@H]2COCCO2)c2ccc(OC(F)(F)F)nc2)CC1. The van der Waals surface area contributed by atoms with Crippen LogP contribution in [0.15, 0.2) is 29.3 Å². The molecule has 0 aromatic carbocycles. The lowest BCUT2D eigenvalue weighted by molar-refractivity contribution is -0.276. The van der Waals surface area contributed by atoms with Gasteiger partial charge in [0.25, 0.3) is 5.56 Å². The first-order valence-electron chi connectivity index (χ1n) is 10.8. The third-order valence-corrected chi connectivity index (χ3v) is 6.66. The van der Waals surface area contributed by atoms with Crippen molar-refractivity contribution >= 4 is 28.9 Å². The maximum atomic E-state index is 12.5. The fourth-order valence-corrected chi connectivity index (χ4v) is 4.61. The molecule has 2 aromatic heterocycles. The van der Waals surface area contributed by atoms with Crippen molar-refractivity contribution in [2.45, 2.75) is 50.2 Å². The van der Waals surface area contributed by atoms with E-state index in [2.05, 4.69) is 19.7 Å². The Hall–Kier alpha value is -2.08. The van der Waals surface area contributed by atoms with E-state index in [0.717, 1.165) is 0 Å². The highest BCUT2D eigenvalue weighted by Gasteiger charge is 2.33. The lowest BCUT2D eigenvalue weighted by Crippen LogP contribution is -2.46. The molecule has 0 bridgehead atoms. The van der Waals surface area contributed by atoms with Crippen molar-refractivity contribution in [3.05, 3.63) is 44.9 Å². The van der Waals surface area contributed by atoms with E-state index in [-0.39, 0.29) is 28.2 Å². The van der Waals surface area contributed by atoms with Gasteiger partial charge in [0.15, 0.2) is 0 Å². The number of pyridine rings is 1. The molecule has 0 unspecified atom stereocenters. The summed E-state index contributed by atoms with van der Waals surface area (Å²) in [6, 6.07) is 2.67. The molecule has 0 radical (unpaired) electrons. The Balaban J connectivity index is 1.49. The van der Waals surface area contributed by atoms with E-state index in [9.17, 15) is 18.0 Å². The van der Waals surface area contributed by atoms with Crippen molar-refractivity contribution in [1.82, 2.24) is 14.8 Å². The van der Waals surface area contributed by atoms with Crippen molar-refractivity contribution in [1.29, 1.82) is 0 Å². The quantitative estimate of drug-likeness (QED) is 0.561. The second kappa shape index (κ2) is 10.7. The van der Waals surface area contributed by atoms with Crippen molar-refractivity contribution in [3.8, 4) is 5.88 Å². The van der Waals surface area contributed by atoms with Crippen LogP contribution in [0.5, 0.6) is 5.88 Å². The Morgan fingerprint density at radius 1 is 1.15 bits per heavy atom. The van der Waals surface area contributed by atoms with Gasteiger partial charge < -0.3 is 19.1 Å². The molecule has 4 rings (SSSR count). The molecule has 2 fully saturated rings. The number of anilines is 1. The van der Waals surface area contributed by atoms with Gasteiger partial charge in [0.2, 0.25) is 5.88 Å². The van der Waals surface area contributed by atoms with Crippen LogP contribution in [0.2, 0.25) is 10.0 Å². The first-order chi connectivity index (χ1) is 16.2. The van der Waals surface area contributed by atoms with Crippen molar-refractivity contribution < 1.29 is 27.4 Å². The largest absolute Gasteiger partial charge is 0.574 e. The zero-order valence-electron chi connectivity index (χ0n) is 18.0. The molecule has 8 nitrogen and oxygen atoms in total. The van der Waals surface area contributed by atoms with Crippen LogP contribution in [0.3, 0.4) is 0 Å². The van der Waals surface area contributed by atoms with E-state index in [1.165, 1.54) is 23.1 Å². The van der Waals surface area contributed by atoms with Crippen LogP contribution in [0.1, 0.15) is 31.7 Å². The highest BCUT2D eigenvalue weighted by atomic mass is 35.5. The van der Waals surface area contributed by atoms with E-state index in [1.54, 1.807) is 6.07 Å². The molecule has 1 aliphatic heterocycles. The first-order valence-corrected chi connectivity index (χ1v) is 11.6. The molecule has 1 atom stereocenters. The fourth-order valence-electron chi connectivity index (χ4n) is 4.35. The minimum absolute atomic E-state index is 0.0523. The van der Waals surface area contributed by atoms with Gasteiger partial charge in [-0.15, -0.1) is 13.2 Å². The van der Waals surface area contributed by atoms with E-state index in [1.807, 2.05) is 0 Å². The summed E-state index contributed by atoms with van der Waals surface area (Å²) in [5.41, 5.74) is 0.226. The Morgan fingerprint density at radius 3 is 2.53 bits per heavy atom. The normalized spacial score (nSPS) is 23.5. The summed E-state index contributed by atoms with van der Waals surface area (Å²) in [5.74, 6) is -0.526. The number of nitrogens with zero attached hydrogens (tertiary/aromatic N) is 4. The van der Waals surface area contributed by atoms with Gasteiger partial charge in [-0.1, -0.05) is 23.2 Å². The van der Waals surface area contributed by atoms with Gasteiger partial charge >= 0.3 is 6.36 Å². The van der Waals surface area contributed by atoms with Gasteiger partial charge in [0.1, 0.15) is 5.02 Å². The van der Waals surface area contributed by atoms with Crippen molar-refractivity contribution in [2.24, 2.45) is 0 Å². The highest BCUT2D eigenvalue weighted by molar-refractivity contribution is 6.41. The molecule has 0 N–H and O–H groups in total. The molecule has 34 heavy (non-hydrogen) atoms. The van der Waals surface area contributed by atoms with E-state index in [0.29, 0.717) is 57.7 Å². The zero-order chi connectivity index (χ0) is 24.3. The molecule has 3 heterocycles. The molecule has 1 saturated heterocycles. The summed E-state index contributed by atoms with van der Waals surface area (Å²) in [4.78, 5) is 18.4. The van der Waals surface area contributed by atoms with E-state index in [4.69, 9.17) is 32.7 Å². The number of alkyl halides is 3. The second-order valence-corrected chi connectivity index (χ2v) is 8.93. The maximum Gasteiger partial charge on any atom is 0.574 e. The van der Waals surface area contributed by atoms with Crippen LogP contribution in [0.25, 0.3) is 0 Å². The third-order valence-electron chi connectivity index (χ3n) is 5.91. The van der Waals surface area contributed by atoms with Crippen LogP contribution in [-0.2, 0) is 9.47 Å². The van der Waals surface area contributed by atoms with Crippen LogP contribution >= 0.6 is 23.2 Å². The van der Waals surface area contributed by atoms with Gasteiger partial charge in [-0.2, -0.15) is 5.10 Å². The Labute approximate surface area is 203 Å². The Kier molecular flexibility index (Phi) is 7.86. The lowest BCUT2D eigenvalue weighted by Gasteiger charge is -2.40. The van der Waals surface area contributed by atoms with Crippen molar-refractivity contribution in [2.75, 3.05) is 31.3 Å². The molecule has 0 spiro atoms. The lowest BCUT2D eigenvalue weighted by atomic mass is 9.89. The average Bonchev–Trinajstić information content (AvgIpc) is 2.82. The molecule has 13 heteroatoms. The van der Waals surface area contributed by atoms with Gasteiger partial charge in [0.05, 0.1) is 55.1 Å². The van der Waals surface area contributed by atoms with Crippen LogP contribution in [0.4, 0.5) is 18.9 Å². The topological polar surface area (TPSA) is 78.7 Å². The summed E-state index contributed by atoms with van der Waals surface area (Å²) in [7, 11) is 0. The number of hydrogen-bond donors (Lipinski definition) is 0. The summed E-state index contributed by atoms with van der Waals surface area (Å²) in [6.07, 6.45) is 0.490. The monoisotopic (exact) mass is 522 g/mol.